The van der Waals surface area contributed by atoms with Crippen molar-refractivity contribution in [1.29, 1.82) is 0 Å². The van der Waals surface area contributed by atoms with Crippen LogP contribution in [0.4, 0.5) is 17.6 Å². The van der Waals surface area contributed by atoms with Gasteiger partial charge in [-0.15, -0.1) is 0 Å². The van der Waals surface area contributed by atoms with Gasteiger partial charge in [0.25, 0.3) is 0 Å². The third-order valence-electron chi connectivity index (χ3n) is 3.03. The predicted octanol–water partition coefficient (Wildman–Crippen LogP) is 3.92. The van der Waals surface area contributed by atoms with E-state index in [0.717, 1.165) is 18.6 Å². The van der Waals surface area contributed by atoms with E-state index in [1.165, 1.54) is 6.07 Å². The highest BCUT2D eigenvalue weighted by molar-refractivity contribution is 5.28. The second kappa shape index (κ2) is 7.59. The van der Waals surface area contributed by atoms with Gasteiger partial charge < -0.3 is 10.1 Å². The molecule has 0 spiro atoms. The molecule has 0 saturated carbocycles. The average molecular weight is 293 g/mol. The molecule has 0 radical (unpaired) electrons. The van der Waals surface area contributed by atoms with Crippen molar-refractivity contribution in [2.75, 3.05) is 20.3 Å². The molecular formula is C14H19F4NO. The van der Waals surface area contributed by atoms with Gasteiger partial charge in [-0.1, -0.05) is 6.07 Å². The van der Waals surface area contributed by atoms with Crippen molar-refractivity contribution in [3.8, 4) is 0 Å². The molecule has 2 nitrogen and oxygen atoms in total. The molecule has 1 rings (SSSR count). The van der Waals surface area contributed by atoms with Gasteiger partial charge in [0.15, 0.2) is 0 Å². The molecule has 1 atom stereocenters. The molecule has 0 aromatic heterocycles. The second-order valence-corrected chi connectivity index (χ2v) is 4.42. The normalized spacial score (nSPS) is 13.5. The molecule has 1 unspecified atom stereocenters. The number of benzene rings is 1. The zero-order valence-corrected chi connectivity index (χ0v) is 11.6. The first kappa shape index (κ1) is 16.9. The molecule has 114 valence electrons. The fraction of sp³-hybridized carbons (Fsp3) is 0.571. The van der Waals surface area contributed by atoms with Gasteiger partial charge in [-0.05, 0) is 44.5 Å². The Labute approximate surface area is 116 Å². The van der Waals surface area contributed by atoms with Gasteiger partial charge in [-0.25, -0.2) is 4.39 Å². The Balaban J connectivity index is 2.76. The third kappa shape index (κ3) is 4.76. The highest BCUT2D eigenvalue weighted by Crippen LogP contribution is 2.32. The molecule has 1 aromatic rings. The van der Waals surface area contributed by atoms with Gasteiger partial charge in [-0.2, -0.15) is 13.2 Å². The molecule has 20 heavy (non-hydrogen) atoms. The Kier molecular flexibility index (Phi) is 6.42. The van der Waals surface area contributed by atoms with Crippen molar-refractivity contribution < 1.29 is 22.3 Å². The summed E-state index contributed by atoms with van der Waals surface area (Å²) in [6.45, 7) is 3.09. The van der Waals surface area contributed by atoms with Gasteiger partial charge >= 0.3 is 6.18 Å². The number of halogens is 4. The maximum absolute atomic E-state index is 13.5. The van der Waals surface area contributed by atoms with E-state index in [0.29, 0.717) is 25.2 Å². The van der Waals surface area contributed by atoms with Crippen molar-refractivity contribution in [2.24, 2.45) is 0 Å². The molecule has 0 fully saturated rings. The lowest BCUT2D eigenvalue weighted by Gasteiger charge is -2.18. The smallest absolute Gasteiger partial charge is 0.382 e. The Bertz CT molecular complexity index is 420. The molecular weight excluding hydrogens is 274 g/mol. The molecule has 1 N–H and O–H groups in total. The van der Waals surface area contributed by atoms with Gasteiger partial charge in [0.2, 0.25) is 0 Å². The maximum Gasteiger partial charge on any atom is 0.419 e. The van der Waals surface area contributed by atoms with E-state index in [1.54, 1.807) is 7.05 Å². The predicted molar refractivity (Wildman–Crippen MR) is 68.9 cm³/mol. The summed E-state index contributed by atoms with van der Waals surface area (Å²) in [7, 11) is 1.70. The van der Waals surface area contributed by atoms with E-state index in [9.17, 15) is 17.6 Å². The Morgan fingerprint density at radius 1 is 1.30 bits per heavy atom. The molecule has 6 heteroatoms. The summed E-state index contributed by atoms with van der Waals surface area (Å²) < 4.78 is 56.2. The number of hydrogen-bond acceptors (Lipinski definition) is 2. The van der Waals surface area contributed by atoms with Gasteiger partial charge in [0.05, 0.1) is 5.56 Å². The second-order valence-electron chi connectivity index (χ2n) is 4.42. The Morgan fingerprint density at radius 3 is 2.50 bits per heavy atom. The van der Waals surface area contributed by atoms with Crippen LogP contribution in [-0.4, -0.2) is 20.3 Å². The van der Waals surface area contributed by atoms with Crippen LogP contribution in [0, 0.1) is 5.82 Å². The standard InChI is InChI=1S/C14H19F4NO/c1-3-20-8-4-5-13(19-2)10-6-7-11(12(15)9-10)14(16,17)18/h6-7,9,13,19H,3-5,8H2,1-2H3. The quantitative estimate of drug-likeness (QED) is 0.607. The fourth-order valence-corrected chi connectivity index (χ4v) is 1.99. The molecule has 0 aliphatic carbocycles. The van der Waals surface area contributed by atoms with E-state index in [4.69, 9.17) is 4.74 Å². The number of hydrogen-bond donors (Lipinski definition) is 1. The van der Waals surface area contributed by atoms with Gasteiger partial charge in [-0.3, -0.25) is 0 Å². The fourth-order valence-electron chi connectivity index (χ4n) is 1.99. The van der Waals surface area contributed by atoms with Crippen molar-refractivity contribution in [3.05, 3.63) is 35.1 Å². The first-order chi connectivity index (χ1) is 9.40. The Morgan fingerprint density at radius 2 is 2.00 bits per heavy atom. The van der Waals surface area contributed by atoms with Crippen LogP contribution in [-0.2, 0) is 10.9 Å². The van der Waals surface area contributed by atoms with Crippen LogP contribution in [0.1, 0.15) is 36.9 Å². The average Bonchev–Trinajstić information content (AvgIpc) is 2.37. The van der Waals surface area contributed by atoms with E-state index in [-0.39, 0.29) is 6.04 Å². The van der Waals surface area contributed by atoms with Crippen LogP contribution < -0.4 is 5.32 Å². The number of alkyl halides is 3. The topological polar surface area (TPSA) is 21.3 Å². The monoisotopic (exact) mass is 293 g/mol. The number of ether oxygens (including phenoxy) is 1. The minimum Gasteiger partial charge on any atom is -0.382 e. The van der Waals surface area contributed by atoms with E-state index < -0.39 is 17.6 Å². The lowest BCUT2D eigenvalue weighted by atomic mass is 10.0. The molecule has 0 saturated heterocycles. The van der Waals surface area contributed by atoms with Crippen molar-refractivity contribution in [3.63, 3.8) is 0 Å². The molecule has 0 aliphatic heterocycles. The minimum absolute atomic E-state index is 0.188. The molecule has 0 heterocycles. The van der Waals surface area contributed by atoms with Crippen LogP contribution >= 0.6 is 0 Å². The maximum atomic E-state index is 13.5. The highest BCUT2D eigenvalue weighted by atomic mass is 19.4. The van der Waals surface area contributed by atoms with Crippen LogP contribution in [0.2, 0.25) is 0 Å². The van der Waals surface area contributed by atoms with Crippen LogP contribution in [0.5, 0.6) is 0 Å². The summed E-state index contributed by atoms with van der Waals surface area (Å²) in [6.07, 6.45) is -3.24. The SMILES string of the molecule is CCOCCCC(NC)c1ccc(C(F)(F)F)c(F)c1. The highest BCUT2D eigenvalue weighted by Gasteiger charge is 2.34. The summed E-state index contributed by atoms with van der Waals surface area (Å²) in [6, 6.07) is 2.86. The molecule has 0 bridgehead atoms. The summed E-state index contributed by atoms with van der Waals surface area (Å²) in [5.74, 6) is -1.24. The lowest BCUT2D eigenvalue weighted by molar-refractivity contribution is -0.140. The van der Waals surface area contributed by atoms with Crippen molar-refractivity contribution in [1.82, 2.24) is 5.32 Å². The first-order valence-corrected chi connectivity index (χ1v) is 6.51. The number of rotatable bonds is 7. The van der Waals surface area contributed by atoms with Crippen LogP contribution in [0.25, 0.3) is 0 Å². The lowest BCUT2D eigenvalue weighted by Crippen LogP contribution is -2.18. The third-order valence-corrected chi connectivity index (χ3v) is 3.03. The van der Waals surface area contributed by atoms with E-state index >= 15 is 0 Å². The largest absolute Gasteiger partial charge is 0.419 e. The first-order valence-electron chi connectivity index (χ1n) is 6.51. The Hall–Kier alpha value is -1.14. The van der Waals surface area contributed by atoms with Gasteiger partial charge in [0, 0.05) is 19.3 Å². The minimum atomic E-state index is -4.66. The zero-order valence-electron chi connectivity index (χ0n) is 11.6. The molecule has 0 amide bonds. The molecule has 0 aliphatic rings. The van der Waals surface area contributed by atoms with E-state index in [2.05, 4.69) is 5.32 Å². The van der Waals surface area contributed by atoms with Crippen LogP contribution in [0.15, 0.2) is 18.2 Å². The summed E-state index contributed by atoms with van der Waals surface area (Å²) in [4.78, 5) is 0. The summed E-state index contributed by atoms with van der Waals surface area (Å²) in [5.41, 5.74) is -0.722. The summed E-state index contributed by atoms with van der Waals surface area (Å²) >= 11 is 0. The van der Waals surface area contributed by atoms with Gasteiger partial charge in [0.1, 0.15) is 5.82 Å². The molecule has 1 aromatic carbocycles. The van der Waals surface area contributed by atoms with Crippen LogP contribution in [0.3, 0.4) is 0 Å². The summed E-state index contributed by atoms with van der Waals surface area (Å²) in [5, 5.41) is 2.98. The van der Waals surface area contributed by atoms with Crippen molar-refractivity contribution in [2.45, 2.75) is 32.0 Å². The number of nitrogens with one attached hydrogen (secondary N) is 1. The zero-order chi connectivity index (χ0) is 15.2. The van der Waals surface area contributed by atoms with Crippen molar-refractivity contribution >= 4 is 0 Å². The van der Waals surface area contributed by atoms with E-state index in [1.807, 2.05) is 6.92 Å².